The molecule has 3 nitrogen and oxygen atoms in total. The standard InChI is InChI=1S/C14H12FNO2/c1-18-14-5-3-2-4-10(14)8-13(17)11-6-7-16-9-12(11)15/h2-7,9H,8H2,1H3. The zero-order chi connectivity index (χ0) is 13.0. The first-order chi connectivity index (χ1) is 8.72. The third kappa shape index (κ3) is 2.53. The van der Waals surface area contributed by atoms with Crippen LogP contribution in [0.1, 0.15) is 15.9 Å². The zero-order valence-electron chi connectivity index (χ0n) is 9.89. The number of methoxy groups -OCH3 is 1. The Morgan fingerprint density at radius 3 is 2.83 bits per heavy atom. The van der Waals surface area contributed by atoms with Crippen LogP contribution >= 0.6 is 0 Å². The van der Waals surface area contributed by atoms with Gasteiger partial charge in [0, 0.05) is 18.2 Å². The van der Waals surface area contributed by atoms with Crippen LogP contribution in [-0.4, -0.2) is 17.9 Å². The molecule has 2 rings (SSSR count). The van der Waals surface area contributed by atoms with Crippen LogP contribution in [-0.2, 0) is 6.42 Å². The highest BCUT2D eigenvalue weighted by atomic mass is 19.1. The molecule has 0 aliphatic carbocycles. The molecule has 0 N–H and O–H groups in total. The van der Waals surface area contributed by atoms with Crippen molar-refractivity contribution in [3.05, 3.63) is 59.7 Å². The molecular formula is C14H12FNO2. The van der Waals surface area contributed by atoms with Crippen LogP contribution in [0.3, 0.4) is 0 Å². The van der Waals surface area contributed by atoms with Gasteiger partial charge in [0.25, 0.3) is 0 Å². The maximum atomic E-state index is 13.4. The summed E-state index contributed by atoms with van der Waals surface area (Å²) in [6.45, 7) is 0. The molecule has 0 amide bonds. The van der Waals surface area contributed by atoms with Gasteiger partial charge in [-0.3, -0.25) is 9.78 Å². The predicted molar refractivity (Wildman–Crippen MR) is 65.2 cm³/mol. The largest absolute Gasteiger partial charge is 0.496 e. The van der Waals surface area contributed by atoms with E-state index in [2.05, 4.69) is 4.98 Å². The van der Waals surface area contributed by atoms with Crippen LogP contribution in [0.25, 0.3) is 0 Å². The fraction of sp³-hybridized carbons (Fsp3) is 0.143. The Balaban J connectivity index is 2.24. The second-order valence-electron chi connectivity index (χ2n) is 3.77. The fourth-order valence-electron chi connectivity index (χ4n) is 1.72. The molecule has 92 valence electrons. The van der Waals surface area contributed by atoms with Gasteiger partial charge in [0.2, 0.25) is 0 Å². The Hall–Kier alpha value is -2.23. The van der Waals surface area contributed by atoms with E-state index in [-0.39, 0.29) is 17.8 Å². The van der Waals surface area contributed by atoms with Crippen LogP contribution in [0, 0.1) is 5.82 Å². The summed E-state index contributed by atoms with van der Waals surface area (Å²) in [5.74, 6) is -0.267. The predicted octanol–water partition coefficient (Wildman–Crippen LogP) is 2.65. The van der Waals surface area contributed by atoms with E-state index in [9.17, 15) is 9.18 Å². The van der Waals surface area contributed by atoms with Gasteiger partial charge < -0.3 is 4.74 Å². The monoisotopic (exact) mass is 245 g/mol. The maximum Gasteiger partial charge on any atom is 0.170 e. The highest BCUT2D eigenvalue weighted by Crippen LogP contribution is 2.19. The summed E-state index contributed by atoms with van der Waals surface area (Å²) < 4.78 is 18.6. The summed E-state index contributed by atoms with van der Waals surface area (Å²) in [6.07, 6.45) is 2.54. The lowest BCUT2D eigenvalue weighted by Crippen LogP contribution is -2.07. The summed E-state index contributed by atoms with van der Waals surface area (Å²) in [4.78, 5) is 15.6. The first-order valence-corrected chi connectivity index (χ1v) is 5.47. The number of rotatable bonds is 4. The van der Waals surface area contributed by atoms with Gasteiger partial charge in [-0.2, -0.15) is 0 Å². The number of para-hydroxylation sites is 1. The summed E-state index contributed by atoms with van der Waals surface area (Å²) in [6, 6.07) is 8.57. The SMILES string of the molecule is COc1ccccc1CC(=O)c1ccncc1F. The van der Waals surface area contributed by atoms with Gasteiger partial charge in [0.15, 0.2) is 11.6 Å². The second-order valence-corrected chi connectivity index (χ2v) is 3.77. The maximum absolute atomic E-state index is 13.4. The average Bonchev–Trinajstić information content (AvgIpc) is 2.39. The Bertz CT molecular complexity index is 569. The molecule has 0 saturated carbocycles. The number of pyridine rings is 1. The topological polar surface area (TPSA) is 39.2 Å². The molecule has 0 atom stereocenters. The molecule has 1 aromatic heterocycles. The molecule has 4 heteroatoms. The van der Waals surface area contributed by atoms with E-state index in [1.165, 1.54) is 19.4 Å². The van der Waals surface area contributed by atoms with Crippen molar-refractivity contribution in [1.82, 2.24) is 4.98 Å². The molecule has 0 fully saturated rings. The van der Waals surface area contributed by atoms with Crippen LogP contribution in [0.2, 0.25) is 0 Å². The number of Topliss-reactive ketones (excluding diaryl/α,β-unsaturated/α-hetero) is 1. The van der Waals surface area contributed by atoms with Crippen molar-refractivity contribution in [2.24, 2.45) is 0 Å². The molecule has 2 aromatic rings. The van der Waals surface area contributed by atoms with Crippen molar-refractivity contribution >= 4 is 5.78 Å². The Kier molecular flexibility index (Phi) is 3.67. The Morgan fingerprint density at radius 2 is 2.11 bits per heavy atom. The van der Waals surface area contributed by atoms with Crippen LogP contribution in [0.5, 0.6) is 5.75 Å². The van der Waals surface area contributed by atoms with Crippen molar-refractivity contribution in [2.45, 2.75) is 6.42 Å². The summed E-state index contributed by atoms with van der Waals surface area (Å²) >= 11 is 0. The first kappa shape index (κ1) is 12.2. The summed E-state index contributed by atoms with van der Waals surface area (Å²) in [5.41, 5.74) is 0.789. The minimum Gasteiger partial charge on any atom is -0.496 e. The van der Waals surface area contributed by atoms with E-state index in [0.29, 0.717) is 5.75 Å². The molecule has 0 saturated heterocycles. The molecular weight excluding hydrogens is 233 g/mol. The fourth-order valence-corrected chi connectivity index (χ4v) is 1.72. The van der Waals surface area contributed by atoms with E-state index in [1.54, 1.807) is 12.1 Å². The van der Waals surface area contributed by atoms with Gasteiger partial charge in [-0.15, -0.1) is 0 Å². The molecule has 0 unspecified atom stereocenters. The van der Waals surface area contributed by atoms with E-state index in [0.717, 1.165) is 11.8 Å². The Morgan fingerprint density at radius 1 is 1.33 bits per heavy atom. The van der Waals surface area contributed by atoms with Crippen molar-refractivity contribution in [3.63, 3.8) is 0 Å². The molecule has 0 aliphatic heterocycles. The number of halogens is 1. The summed E-state index contributed by atoms with van der Waals surface area (Å²) in [5, 5.41) is 0. The zero-order valence-corrected chi connectivity index (χ0v) is 9.89. The summed E-state index contributed by atoms with van der Waals surface area (Å²) in [7, 11) is 1.54. The van der Waals surface area contributed by atoms with Crippen LogP contribution in [0.15, 0.2) is 42.7 Å². The number of hydrogen-bond acceptors (Lipinski definition) is 3. The Labute approximate surface area is 104 Å². The number of aromatic nitrogens is 1. The van der Waals surface area contributed by atoms with Crippen molar-refractivity contribution < 1.29 is 13.9 Å². The molecule has 0 aliphatic rings. The van der Waals surface area contributed by atoms with Crippen LogP contribution < -0.4 is 4.74 Å². The molecule has 0 spiro atoms. The molecule has 0 radical (unpaired) electrons. The van der Waals surface area contributed by atoms with Crippen molar-refractivity contribution in [1.29, 1.82) is 0 Å². The van der Waals surface area contributed by atoms with E-state index in [4.69, 9.17) is 4.74 Å². The van der Waals surface area contributed by atoms with Gasteiger partial charge in [-0.05, 0) is 12.1 Å². The van der Waals surface area contributed by atoms with Crippen molar-refractivity contribution in [2.75, 3.05) is 7.11 Å². The molecule has 18 heavy (non-hydrogen) atoms. The molecule has 0 bridgehead atoms. The highest BCUT2D eigenvalue weighted by molar-refractivity contribution is 5.97. The van der Waals surface area contributed by atoms with Crippen molar-refractivity contribution in [3.8, 4) is 5.75 Å². The number of ether oxygens (including phenoxy) is 1. The molecule has 1 heterocycles. The van der Waals surface area contributed by atoms with Gasteiger partial charge in [0.05, 0.1) is 18.9 Å². The first-order valence-electron chi connectivity index (χ1n) is 5.47. The smallest absolute Gasteiger partial charge is 0.170 e. The lowest BCUT2D eigenvalue weighted by Gasteiger charge is -2.07. The third-order valence-corrected chi connectivity index (χ3v) is 2.62. The number of nitrogens with zero attached hydrogens (tertiary/aromatic N) is 1. The number of ketones is 1. The van der Waals surface area contributed by atoms with Gasteiger partial charge >= 0.3 is 0 Å². The number of benzene rings is 1. The van der Waals surface area contributed by atoms with Gasteiger partial charge in [0.1, 0.15) is 5.75 Å². The van der Waals surface area contributed by atoms with Gasteiger partial charge in [-0.1, -0.05) is 18.2 Å². The minimum atomic E-state index is -0.600. The normalized spacial score (nSPS) is 10.1. The highest BCUT2D eigenvalue weighted by Gasteiger charge is 2.14. The lowest BCUT2D eigenvalue weighted by atomic mass is 10.0. The minimum absolute atomic E-state index is 0.0518. The second kappa shape index (κ2) is 5.40. The average molecular weight is 245 g/mol. The van der Waals surface area contributed by atoms with E-state index in [1.807, 2.05) is 12.1 Å². The number of hydrogen-bond donors (Lipinski definition) is 0. The van der Waals surface area contributed by atoms with E-state index >= 15 is 0 Å². The van der Waals surface area contributed by atoms with Gasteiger partial charge in [-0.25, -0.2) is 4.39 Å². The quantitative estimate of drug-likeness (QED) is 0.777. The van der Waals surface area contributed by atoms with E-state index < -0.39 is 5.82 Å². The number of carbonyl (C=O) groups excluding carboxylic acids is 1. The van der Waals surface area contributed by atoms with Crippen LogP contribution in [0.4, 0.5) is 4.39 Å². The number of carbonyl (C=O) groups is 1. The lowest BCUT2D eigenvalue weighted by molar-refractivity contribution is 0.0988. The molecule has 1 aromatic carbocycles. The third-order valence-electron chi connectivity index (χ3n) is 2.62.